The number of halogens is 1. The van der Waals surface area contributed by atoms with Crippen LogP contribution in [0.15, 0.2) is 76.1 Å². The molecular weight excluding hydrogens is 514 g/mol. The van der Waals surface area contributed by atoms with Gasteiger partial charge in [-0.3, -0.25) is 14.5 Å². The summed E-state index contributed by atoms with van der Waals surface area (Å²) in [4.78, 5) is 27.0. The van der Waals surface area contributed by atoms with Crippen molar-refractivity contribution in [3.8, 4) is 11.5 Å². The number of ether oxygens (including phenoxy) is 2. The molecule has 1 aliphatic heterocycles. The minimum absolute atomic E-state index is 0.192. The third-order valence-corrected chi connectivity index (χ3v) is 6.74. The van der Waals surface area contributed by atoms with Gasteiger partial charge in [0.2, 0.25) is 0 Å². The molecule has 5 nitrogen and oxygen atoms in total. The normalized spacial score (nSPS) is 14.7. The van der Waals surface area contributed by atoms with Gasteiger partial charge in [0.05, 0.1) is 11.4 Å². The number of rotatable bonds is 8. The molecule has 0 N–H and O–H groups in total. The largest absolute Gasteiger partial charge is 0.491 e. The second-order valence-corrected chi connectivity index (χ2v) is 9.81. The molecule has 0 spiro atoms. The molecule has 34 heavy (non-hydrogen) atoms. The van der Waals surface area contributed by atoms with Crippen LogP contribution in [0.25, 0.3) is 6.08 Å². The number of thioether (sulfide) groups is 1. The van der Waals surface area contributed by atoms with Crippen molar-refractivity contribution < 1.29 is 19.1 Å². The first kappa shape index (κ1) is 24.1. The molecule has 0 atom stereocenters. The summed E-state index contributed by atoms with van der Waals surface area (Å²) in [6.45, 7) is 4.79. The standard InChI is InChI=1S/C27H24BrNO4S/c1-18-7-8-19(2)24(15-18)32-14-13-29-26(30)25(34-27(29)31)16-21-5-3-4-6-23(21)33-17-20-9-11-22(28)12-10-20/h3-12,15-16H,13-14,17H2,1-2H3/b25-16-. The Morgan fingerprint density at radius 1 is 0.941 bits per heavy atom. The average molecular weight is 538 g/mol. The highest BCUT2D eigenvalue weighted by molar-refractivity contribution is 9.10. The van der Waals surface area contributed by atoms with Gasteiger partial charge in [-0.2, -0.15) is 0 Å². The molecule has 0 radical (unpaired) electrons. The number of benzene rings is 3. The SMILES string of the molecule is Cc1ccc(C)c(OCCN2C(=O)S/C(=C\c3ccccc3OCc3ccc(Br)cc3)C2=O)c1. The first-order chi connectivity index (χ1) is 16.4. The zero-order chi connectivity index (χ0) is 24.1. The fourth-order valence-corrected chi connectivity index (χ4v) is 4.54. The lowest BCUT2D eigenvalue weighted by Crippen LogP contribution is -2.32. The molecule has 0 bridgehead atoms. The highest BCUT2D eigenvalue weighted by atomic mass is 79.9. The number of nitrogens with zero attached hydrogens (tertiary/aromatic N) is 1. The van der Waals surface area contributed by atoms with Crippen molar-refractivity contribution in [2.45, 2.75) is 20.5 Å². The van der Waals surface area contributed by atoms with Crippen LogP contribution in [0.3, 0.4) is 0 Å². The monoisotopic (exact) mass is 537 g/mol. The van der Waals surface area contributed by atoms with E-state index in [-0.39, 0.29) is 24.3 Å². The van der Waals surface area contributed by atoms with E-state index in [4.69, 9.17) is 9.47 Å². The molecule has 0 aromatic heterocycles. The Labute approximate surface area is 211 Å². The molecule has 1 aliphatic rings. The van der Waals surface area contributed by atoms with E-state index in [0.717, 1.165) is 44.2 Å². The number of hydrogen-bond acceptors (Lipinski definition) is 5. The fourth-order valence-electron chi connectivity index (χ4n) is 3.42. The summed E-state index contributed by atoms with van der Waals surface area (Å²) in [5.41, 5.74) is 3.88. The Balaban J connectivity index is 1.41. The second-order valence-electron chi connectivity index (χ2n) is 7.90. The van der Waals surface area contributed by atoms with Gasteiger partial charge in [-0.15, -0.1) is 0 Å². The summed E-state index contributed by atoms with van der Waals surface area (Å²) in [7, 11) is 0. The van der Waals surface area contributed by atoms with E-state index in [1.54, 1.807) is 6.08 Å². The fraction of sp³-hybridized carbons (Fsp3) is 0.185. The molecule has 7 heteroatoms. The molecule has 3 aromatic rings. The van der Waals surface area contributed by atoms with Gasteiger partial charge >= 0.3 is 0 Å². The van der Waals surface area contributed by atoms with Gasteiger partial charge in [0.25, 0.3) is 11.1 Å². The molecule has 0 saturated carbocycles. The number of hydrogen-bond donors (Lipinski definition) is 0. The average Bonchev–Trinajstić information content (AvgIpc) is 3.09. The summed E-state index contributed by atoms with van der Waals surface area (Å²) in [6.07, 6.45) is 1.72. The van der Waals surface area contributed by atoms with Crippen molar-refractivity contribution in [2.24, 2.45) is 0 Å². The van der Waals surface area contributed by atoms with Crippen molar-refractivity contribution >= 4 is 44.9 Å². The zero-order valence-electron chi connectivity index (χ0n) is 18.9. The van der Waals surface area contributed by atoms with Crippen LogP contribution in [0.4, 0.5) is 4.79 Å². The van der Waals surface area contributed by atoms with Crippen LogP contribution in [0.2, 0.25) is 0 Å². The second kappa shape index (κ2) is 10.9. The van der Waals surface area contributed by atoms with Crippen molar-refractivity contribution in [1.29, 1.82) is 0 Å². The molecule has 1 saturated heterocycles. The van der Waals surface area contributed by atoms with E-state index in [2.05, 4.69) is 15.9 Å². The van der Waals surface area contributed by atoms with E-state index < -0.39 is 0 Å². The molecule has 1 fully saturated rings. The quantitative estimate of drug-likeness (QED) is 0.297. The lowest BCUT2D eigenvalue weighted by molar-refractivity contribution is -0.123. The Bertz CT molecular complexity index is 1240. The highest BCUT2D eigenvalue weighted by Crippen LogP contribution is 2.34. The highest BCUT2D eigenvalue weighted by Gasteiger charge is 2.35. The number of imide groups is 1. The van der Waals surface area contributed by atoms with Crippen LogP contribution >= 0.6 is 27.7 Å². The van der Waals surface area contributed by atoms with Crippen molar-refractivity contribution in [3.63, 3.8) is 0 Å². The first-order valence-electron chi connectivity index (χ1n) is 10.8. The van der Waals surface area contributed by atoms with Gasteiger partial charge in [0, 0.05) is 10.0 Å². The van der Waals surface area contributed by atoms with E-state index in [1.165, 1.54) is 4.90 Å². The number of carbonyl (C=O) groups excluding carboxylic acids is 2. The minimum Gasteiger partial charge on any atom is -0.491 e. The molecule has 0 unspecified atom stereocenters. The first-order valence-corrected chi connectivity index (χ1v) is 12.4. The predicted molar refractivity (Wildman–Crippen MR) is 139 cm³/mol. The lowest BCUT2D eigenvalue weighted by atomic mass is 10.1. The number of aryl methyl sites for hydroxylation is 2. The van der Waals surface area contributed by atoms with Gasteiger partial charge < -0.3 is 9.47 Å². The van der Waals surface area contributed by atoms with Crippen LogP contribution in [-0.2, 0) is 11.4 Å². The van der Waals surface area contributed by atoms with Gasteiger partial charge in [-0.1, -0.05) is 58.4 Å². The van der Waals surface area contributed by atoms with Crippen LogP contribution < -0.4 is 9.47 Å². The summed E-state index contributed by atoms with van der Waals surface area (Å²) in [5.74, 6) is 1.09. The maximum Gasteiger partial charge on any atom is 0.293 e. The minimum atomic E-state index is -0.317. The molecule has 2 amide bonds. The van der Waals surface area contributed by atoms with E-state index in [0.29, 0.717) is 17.3 Å². The molecule has 3 aromatic carbocycles. The van der Waals surface area contributed by atoms with Crippen molar-refractivity contribution in [2.75, 3.05) is 13.2 Å². The summed E-state index contributed by atoms with van der Waals surface area (Å²) in [6, 6.07) is 21.3. The Morgan fingerprint density at radius 3 is 2.50 bits per heavy atom. The van der Waals surface area contributed by atoms with Gasteiger partial charge in [-0.25, -0.2) is 0 Å². The number of carbonyl (C=O) groups is 2. The van der Waals surface area contributed by atoms with Crippen LogP contribution in [0, 0.1) is 13.8 Å². The predicted octanol–water partition coefficient (Wildman–Crippen LogP) is 6.76. The molecule has 174 valence electrons. The summed E-state index contributed by atoms with van der Waals surface area (Å²) in [5, 5.41) is -0.297. The molecule has 0 aliphatic carbocycles. The van der Waals surface area contributed by atoms with Crippen LogP contribution in [0.1, 0.15) is 22.3 Å². The third-order valence-electron chi connectivity index (χ3n) is 5.30. The van der Waals surface area contributed by atoms with E-state index in [1.807, 2.05) is 80.6 Å². The third kappa shape index (κ3) is 5.90. The van der Waals surface area contributed by atoms with Crippen molar-refractivity contribution in [3.05, 3.63) is 98.4 Å². The van der Waals surface area contributed by atoms with Crippen LogP contribution in [0.5, 0.6) is 11.5 Å². The molecular formula is C27H24BrNO4S. The summed E-state index contributed by atoms with van der Waals surface area (Å²) < 4.78 is 12.8. The molecule has 1 heterocycles. The van der Waals surface area contributed by atoms with Crippen molar-refractivity contribution in [1.82, 2.24) is 4.90 Å². The Morgan fingerprint density at radius 2 is 1.71 bits per heavy atom. The van der Waals surface area contributed by atoms with E-state index >= 15 is 0 Å². The maximum absolute atomic E-state index is 12.9. The van der Waals surface area contributed by atoms with Crippen LogP contribution in [-0.4, -0.2) is 29.2 Å². The Kier molecular flexibility index (Phi) is 7.75. The topological polar surface area (TPSA) is 55.8 Å². The van der Waals surface area contributed by atoms with Gasteiger partial charge in [0.1, 0.15) is 24.7 Å². The Hall–Kier alpha value is -3.03. The number of amides is 2. The lowest BCUT2D eigenvalue weighted by Gasteiger charge is -2.14. The summed E-state index contributed by atoms with van der Waals surface area (Å²) >= 11 is 4.36. The van der Waals surface area contributed by atoms with Gasteiger partial charge in [0.15, 0.2) is 0 Å². The maximum atomic E-state index is 12.9. The zero-order valence-corrected chi connectivity index (χ0v) is 21.3. The smallest absolute Gasteiger partial charge is 0.293 e. The molecule has 4 rings (SSSR count). The van der Waals surface area contributed by atoms with Gasteiger partial charge in [-0.05, 0) is 72.6 Å². The number of para-hydroxylation sites is 1. The van der Waals surface area contributed by atoms with E-state index in [9.17, 15) is 9.59 Å².